The van der Waals surface area contributed by atoms with Crippen LogP contribution in [0, 0.1) is 0 Å². The molecule has 4 heterocycles. The number of carboxylic acid groups (broad SMARTS) is 1. The predicted octanol–water partition coefficient (Wildman–Crippen LogP) is 10.1. The third-order valence-electron chi connectivity index (χ3n) is 10.4. The average Bonchev–Trinajstić information content (AvgIpc) is 3.26. The van der Waals surface area contributed by atoms with Gasteiger partial charge in [-0.15, -0.1) is 0 Å². The SMILES string of the molecule is COC(=O)c1ccc([C@H](C)Nc2nccc3c2N(Cc2cccc(Cl)c2)CCO3)cc1.C[C@H](Nc1nccc2c1N(Cc1cccc(Cl)c1)CCO2)c1ccc(C(=O)O)cc1. The molecule has 61 heavy (non-hydrogen) atoms. The van der Waals surface area contributed by atoms with Crippen LogP contribution in [0.4, 0.5) is 23.0 Å². The van der Waals surface area contributed by atoms with Crippen LogP contribution in [0.25, 0.3) is 0 Å². The van der Waals surface area contributed by atoms with E-state index in [1.165, 1.54) is 7.11 Å². The maximum Gasteiger partial charge on any atom is 0.337 e. The number of ether oxygens (including phenoxy) is 3. The topological polar surface area (TPSA) is 138 Å². The molecule has 14 heteroatoms. The van der Waals surface area contributed by atoms with E-state index < -0.39 is 5.97 Å². The summed E-state index contributed by atoms with van der Waals surface area (Å²) in [5, 5.41) is 17.5. The van der Waals surface area contributed by atoms with Crippen LogP contribution in [-0.2, 0) is 17.8 Å². The molecule has 0 saturated carbocycles. The van der Waals surface area contributed by atoms with Gasteiger partial charge >= 0.3 is 11.9 Å². The van der Waals surface area contributed by atoms with Crippen molar-refractivity contribution < 1.29 is 28.9 Å². The molecular weight excluding hydrogens is 815 g/mol. The number of carboxylic acids is 1. The molecule has 0 saturated heterocycles. The van der Waals surface area contributed by atoms with Crippen molar-refractivity contribution in [2.24, 2.45) is 0 Å². The molecule has 0 fully saturated rings. The number of pyridine rings is 2. The van der Waals surface area contributed by atoms with Gasteiger partial charge in [0, 0.05) is 47.7 Å². The molecular formula is C47H46Cl2N6O6. The standard InChI is InChI=1S/C24H24ClN3O3.C23H22ClN3O3/c1-16(18-6-8-19(9-7-18)24(29)30-2)27-23-22-21(10-11-26-23)31-13-12-28(22)15-17-4-3-5-20(25)14-17;1-15(17-5-7-18(8-6-17)23(28)29)26-22-21-20(9-10-25-22)30-12-11-27(21)14-16-3-2-4-19(24)13-16/h3-11,14,16H,12-13,15H2,1-2H3,(H,26,27);2-10,13,15H,11-12,14H2,1H3,(H,25,26)(H,28,29)/t16-;15-/m00/s1. The Balaban J connectivity index is 0.000000184. The summed E-state index contributed by atoms with van der Waals surface area (Å²) in [5.41, 5.74) is 6.88. The third-order valence-corrected chi connectivity index (χ3v) is 10.8. The smallest absolute Gasteiger partial charge is 0.337 e. The van der Waals surface area contributed by atoms with Gasteiger partial charge < -0.3 is 39.8 Å². The monoisotopic (exact) mass is 860 g/mol. The number of hydrogen-bond acceptors (Lipinski definition) is 11. The molecule has 2 atom stereocenters. The predicted molar refractivity (Wildman–Crippen MR) is 240 cm³/mol. The number of nitrogens with zero attached hydrogens (tertiary/aromatic N) is 4. The van der Waals surface area contributed by atoms with Crippen molar-refractivity contribution in [3.05, 3.63) is 165 Å². The Kier molecular flexibility index (Phi) is 13.8. The second-order valence-electron chi connectivity index (χ2n) is 14.6. The molecule has 0 spiro atoms. The maximum atomic E-state index is 11.7. The average molecular weight is 862 g/mol. The highest BCUT2D eigenvalue weighted by molar-refractivity contribution is 6.30. The summed E-state index contributed by atoms with van der Waals surface area (Å²) in [6.45, 7) is 8.17. The van der Waals surface area contributed by atoms with Crippen LogP contribution >= 0.6 is 23.2 Å². The molecule has 2 aromatic heterocycles. The van der Waals surface area contributed by atoms with E-state index in [1.54, 1.807) is 36.7 Å². The number of carbonyl (C=O) groups is 2. The first kappa shape index (κ1) is 42.6. The van der Waals surface area contributed by atoms with E-state index in [9.17, 15) is 9.59 Å². The van der Waals surface area contributed by atoms with Gasteiger partial charge in [0.25, 0.3) is 0 Å². The molecule has 8 rings (SSSR count). The molecule has 0 amide bonds. The van der Waals surface area contributed by atoms with Gasteiger partial charge in [-0.3, -0.25) is 0 Å². The minimum Gasteiger partial charge on any atom is -0.489 e. The molecule has 2 aliphatic rings. The van der Waals surface area contributed by atoms with Crippen LogP contribution in [0.1, 0.15) is 68.9 Å². The summed E-state index contributed by atoms with van der Waals surface area (Å²) >= 11 is 12.3. The Labute approximate surface area is 365 Å². The van der Waals surface area contributed by atoms with Crippen molar-refractivity contribution in [1.82, 2.24) is 9.97 Å². The lowest BCUT2D eigenvalue weighted by atomic mass is 10.1. The summed E-state index contributed by atoms with van der Waals surface area (Å²) in [6.07, 6.45) is 3.47. The molecule has 6 aromatic rings. The number of aromatic carboxylic acids is 1. The number of carbonyl (C=O) groups excluding carboxylic acids is 1. The Bertz CT molecular complexity index is 2470. The van der Waals surface area contributed by atoms with Crippen LogP contribution < -0.4 is 29.9 Å². The van der Waals surface area contributed by atoms with E-state index >= 15 is 0 Å². The Morgan fingerprint density at radius 1 is 0.689 bits per heavy atom. The van der Waals surface area contributed by atoms with Crippen molar-refractivity contribution in [2.75, 3.05) is 53.8 Å². The molecule has 0 aliphatic carbocycles. The number of aromatic nitrogens is 2. The molecule has 3 N–H and O–H groups in total. The minimum absolute atomic E-state index is 0.0272. The normalized spacial score (nSPS) is 13.8. The van der Waals surface area contributed by atoms with E-state index in [2.05, 4.69) is 49.5 Å². The number of anilines is 4. The number of halogens is 2. The zero-order valence-corrected chi connectivity index (χ0v) is 35.5. The van der Waals surface area contributed by atoms with Crippen molar-refractivity contribution in [1.29, 1.82) is 0 Å². The highest BCUT2D eigenvalue weighted by atomic mass is 35.5. The largest absolute Gasteiger partial charge is 0.489 e. The van der Waals surface area contributed by atoms with E-state index in [4.69, 9.17) is 42.5 Å². The van der Waals surface area contributed by atoms with Gasteiger partial charge in [-0.2, -0.15) is 0 Å². The second kappa shape index (κ2) is 19.7. The van der Waals surface area contributed by atoms with Crippen molar-refractivity contribution >= 4 is 58.2 Å². The lowest BCUT2D eigenvalue weighted by molar-refractivity contribution is 0.0599. The van der Waals surface area contributed by atoms with Gasteiger partial charge in [0.15, 0.2) is 11.6 Å². The fourth-order valence-corrected chi connectivity index (χ4v) is 7.65. The van der Waals surface area contributed by atoms with Gasteiger partial charge in [-0.25, -0.2) is 19.6 Å². The molecule has 2 aliphatic heterocycles. The van der Waals surface area contributed by atoms with Crippen molar-refractivity contribution in [2.45, 2.75) is 39.0 Å². The first-order valence-corrected chi connectivity index (χ1v) is 20.6. The molecule has 0 unspecified atom stereocenters. The van der Waals surface area contributed by atoms with Crippen LogP contribution in [0.5, 0.6) is 11.5 Å². The first-order valence-electron chi connectivity index (χ1n) is 19.8. The van der Waals surface area contributed by atoms with Crippen LogP contribution in [0.2, 0.25) is 10.0 Å². The number of benzene rings is 4. The lowest BCUT2D eigenvalue weighted by Crippen LogP contribution is -2.33. The minimum atomic E-state index is -0.935. The van der Waals surface area contributed by atoms with Gasteiger partial charge in [-0.1, -0.05) is 71.7 Å². The van der Waals surface area contributed by atoms with Crippen molar-refractivity contribution in [3.8, 4) is 11.5 Å². The fourth-order valence-electron chi connectivity index (χ4n) is 7.23. The summed E-state index contributed by atoms with van der Waals surface area (Å²) in [7, 11) is 1.38. The number of hydrogen-bond donors (Lipinski definition) is 3. The third kappa shape index (κ3) is 10.6. The molecule has 0 bridgehead atoms. The number of fused-ring (bicyclic) bond motifs is 2. The maximum absolute atomic E-state index is 11.7. The number of rotatable bonds is 12. The molecule has 12 nitrogen and oxygen atoms in total. The zero-order chi connectivity index (χ0) is 42.9. The van der Waals surface area contributed by atoms with Crippen LogP contribution in [-0.4, -0.2) is 60.4 Å². The lowest BCUT2D eigenvalue weighted by Gasteiger charge is -2.33. The van der Waals surface area contributed by atoms with Crippen LogP contribution in [0.15, 0.2) is 122 Å². The van der Waals surface area contributed by atoms with Gasteiger partial charge in [0.1, 0.15) is 36.1 Å². The fraction of sp³-hybridized carbons (Fsp3) is 0.234. The highest BCUT2D eigenvalue weighted by Crippen LogP contribution is 2.41. The number of nitrogens with one attached hydrogen (secondary N) is 2. The molecule has 0 radical (unpaired) electrons. The molecule has 4 aromatic carbocycles. The summed E-state index contributed by atoms with van der Waals surface area (Å²) in [4.78, 5) is 36.4. The Hall–Kier alpha value is -6.50. The van der Waals surface area contributed by atoms with Gasteiger partial charge in [0.2, 0.25) is 0 Å². The first-order chi connectivity index (χ1) is 29.6. The van der Waals surface area contributed by atoms with E-state index in [0.717, 1.165) is 74.9 Å². The number of esters is 1. The number of methoxy groups -OCH3 is 1. The van der Waals surface area contributed by atoms with Gasteiger partial charge in [0.05, 0.1) is 43.4 Å². The second-order valence-corrected chi connectivity index (χ2v) is 15.5. The Morgan fingerprint density at radius 2 is 1.13 bits per heavy atom. The van der Waals surface area contributed by atoms with E-state index in [1.807, 2.05) is 79.7 Å². The molecule has 314 valence electrons. The summed E-state index contributed by atoms with van der Waals surface area (Å²) in [6, 6.07) is 33.6. The van der Waals surface area contributed by atoms with Crippen LogP contribution in [0.3, 0.4) is 0 Å². The zero-order valence-electron chi connectivity index (χ0n) is 34.0. The summed E-state index contributed by atoms with van der Waals surface area (Å²) in [5.74, 6) is 1.79. The van der Waals surface area contributed by atoms with E-state index in [-0.39, 0.29) is 23.6 Å². The Morgan fingerprint density at radius 3 is 1.54 bits per heavy atom. The van der Waals surface area contributed by atoms with Crippen molar-refractivity contribution in [3.63, 3.8) is 0 Å². The van der Waals surface area contributed by atoms with E-state index in [0.29, 0.717) is 36.9 Å². The van der Waals surface area contributed by atoms with Gasteiger partial charge in [-0.05, 0) is 84.6 Å². The highest BCUT2D eigenvalue weighted by Gasteiger charge is 2.26. The summed E-state index contributed by atoms with van der Waals surface area (Å²) < 4.78 is 16.5. The quantitative estimate of drug-likeness (QED) is 0.101.